The van der Waals surface area contributed by atoms with E-state index in [-0.39, 0.29) is 23.8 Å². The summed E-state index contributed by atoms with van der Waals surface area (Å²) in [6.45, 7) is 1.09. The van der Waals surface area contributed by atoms with Gasteiger partial charge in [0.15, 0.2) is 0 Å². The van der Waals surface area contributed by atoms with Crippen molar-refractivity contribution in [3.8, 4) is 0 Å². The van der Waals surface area contributed by atoms with Gasteiger partial charge in [-0.05, 0) is 43.2 Å². The van der Waals surface area contributed by atoms with E-state index in [2.05, 4.69) is 10.6 Å². The molecule has 1 aliphatic rings. The van der Waals surface area contributed by atoms with Gasteiger partial charge in [0.1, 0.15) is 5.82 Å². The van der Waals surface area contributed by atoms with E-state index in [0.717, 1.165) is 0 Å². The molecule has 25 heavy (non-hydrogen) atoms. The molecule has 2 aromatic rings. The Balaban J connectivity index is 1.48. The SMILES string of the molecule is O=C(NC1CCN(C(=O)Nc2cccc(F)c2)CC1)c1ccccc1. The van der Waals surface area contributed by atoms with Crippen LogP contribution in [0.4, 0.5) is 14.9 Å². The Bertz CT molecular complexity index is 743. The van der Waals surface area contributed by atoms with Crippen LogP contribution >= 0.6 is 0 Å². The Hall–Kier alpha value is -2.89. The van der Waals surface area contributed by atoms with Gasteiger partial charge < -0.3 is 15.5 Å². The smallest absolute Gasteiger partial charge is 0.321 e. The number of nitrogens with one attached hydrogen (secondary N) is 2. The number of rotatable bonds is 3. The summed E-state index contributed by atoms with van der Waals surface area (Å²) in [5, 5.41) is 5.70. The summed E-state index contributed by atoms with van der Waals surface area (Å²) >= 11 is 0. The van der Waals surface area contributed by atoms with Gasteiger partial charge in [0, 0.05) is 30.4 Å². The highest BCUT2D eigenvalue weighted by atomic mass is 19.1. The molecule has 1 aliphatic heterocycles. The summed E-state index contributed by atoms with van der Waals surface area (Å²) in [6, 6.07) is 14.7. The van der Waals surface area contributed by atoms with Crippen LogP contribution in [-0.4, -0.2) is 36.0 Å². The average Bonchev–Trinajstić information content (AvgIpc) is 2.63. The number of likely N-dealkylation sites (tertiary alicyclic amines) is 1. The van der Waals surface area contributed by atoms with E-state index in [4.69, 9.17) is 0 Å². The summed E-state index contributed by atoms with van der Waals surface area (Å²) in [5.74, 6) is -0.483. The van der Waals surface area contributed by atoms with Gasteiger partial charge in [-0.3, -0.25) is 4.79 Å². The zero-order chi connectivity index (χ0) is 17.6. The van der Waals surface area contributed by atoms with E-state index in [9.17, 15) is 14.0 Å². The molecule has 3 amide bonds. The molecule has 5 nitrogen and oxygen atoms in total. The molecular weight excluding hydrogens is 321 g/mol. The van der Waals surface area contributed by atoms with Crippen LogP contribution in [-0.2, 0) is 0 Å². The Kier molecular flexibility index (Phi) is 5.28. The van der Waals surface area contributed by atoms with Crippen molar-refractivity contribution in [2.24, 2.45) is 0 Å². The van der Waals surface area contributed by atoms with Crippen LogP contribution in [0.5, 0.6) is 0 Å². The van der Waals surface area contributed by atoms with Crippen molar-refractivity contribution in [1.29, 1.82) is 0 Å². The first-order valence-electron chi connectivity index (χ1n) is 8.29. The molecule has 1 heterocycles. The summed E-state index contributed by atoms with van der Waals surface area (Å²) in [4.78, 5) is 26.1. The van der Waals surface area contributed by atoms with E-state index in [1.165, 1.54) is 12.1 Å². The number of hydrogen-bond donors (Lipinski definition) is 2. The second kappa shape index (κ2) is 7.79. The maximum absolute atomic E-state index is 13.2. The molecular formula is C19H20FN3O2. The highest BCUT2D eigenvalue weighted by Gasteiger charge is 2.24. The number of piperidine rings is 1. The predicted octanol–water partition coefficient (Wildman–Crippen LogP) is 3.25. The first-order valence-corrected chi connectivity index (χ1v) is 8.29. The molecule has 0 unspecified atom stereocenters. The van der Waals surface area contributed by atoms with Crippen LogP contribution in [0.2, 0.25) is 0 Å². The molecule has 0 bridgehead atoms. The van der Waals surface area contributed by atoms with Crippen LogP contribution in [0.3, 0.4) is 0 Å². The van der Waals surface area contributed by atoms with E-state index in [1.807, 2.05) is 18.2 Å². The van der Waals surface area contributed by atoms with Gasteiger partial charge >= 0.3 is 6.03 Å². The number of benzene rings is 2. The van der Waals surface area contributed by atoms with Crippen LogP contribution < -0.4 is 10.6 Å². The lowest BCUT2D eigenvalue weighted by Crippen LogP contribution is -2.47. The fourth-order valence-corrected chi connectivity index (χ4v) is 2.85. The normalized spacial score (nSPS) is 14.8. The standard InChI is InChI=1S/C19H20FN3O2/c20-15-7-4-8-17(13-15)22-19(25)23-11-9-16(10-12-23)21-18(24)14-5-2-1-3-6-14/h1-8,13,16H,9-12H2,(H,21,24)(H,22,25). The predicted molar refractivity (Wildman–Crippen MR) is 93.9 cm³/mol. The Morgan fingerprint density at radius 1 is 1.00 bits per heavy atom. The molecule has 0 saturated carbocycles. The lowest BCUT2D eigenvalue weighted by Gasteiger charge is -2.32. The minimum Gasteiger partial charge on any atom is -0.349 e. The van der Waals surface area contributed by atoms with E-state index in [1.54, 1.807) is 29.2 Å². The lowest BCUT2D eigenvalue weighted by atomic mass is 10.0. The number of carbonyl (C=O) groups excluding carboxylic acids is 2. The van der Waals surface area contributed by atoms with Gasteiger partial charge in [0.25, 0.3) is 5.91 Å². The Morgan fingerprint density at radius 3 is 2.40 bits per heavy atom. The first kappa shape index (κ1) is 17.0. The Labute approximate surface area is 145 Å². The average molecular weight is 341 g/mol. The number of carbonyl (C=O) groups is 2. The zero-order valence-electron chi connectivity index (χ0n) is 13.7. The molecule has 0 aliphatic carbocycles. The van der Waals surface area contributed by atoms with E-state index < -0.39 is 0 Å². The van der Waals surface area contributed by atoms with Crippen molar-refractivity contribution in [3.63, 3.8) is 0 Å². The van der Waals surface area contributed by atoms with Crippen LogP contribution in [0.1, 0.15) is 23.2 Å². The molecule has 0 aromatic heterocycles. The molecule has 130 valence electrons. The maximum Gasteiger partial charge on any atom is 0.321 e. The number of hydrogen-bond acceptors (Lipinski definition) is 2. The Morgan fingerprint density at radius 2 is 1.72 bits per heavy atom. The highest BCUT2D eigenvalue weighted by molar-refractivity contribution is 5.94. The molecule has 2 aromatic carbocycles. The number of halogens is 1. The largest absolute Gasteiger partial charge is 0.349 e. The minimum absolute atomic E-state index is 0.0472. The molecule has 2 N–H and O–H groups in total. The number of anilines is 1. The van der Waals surface area contributed by atoms with Crippen LogP contribution in [0.25, 0.3) is 0 Å². The highest BCUT2D eigenvalue weighted by Crippen LogP contribution is 2.15. The van der Waals surface area contributed by atoms with Gasteiger partial charge in [-0.25, -0.2) is 9.18 Å². The fraction of sp³-hybridized carbons (Fsp3) is 0.263. The third-order valence-corrected chi connectivity index (χ3v) is 4.23. The molecule has 1 saturated heterocycles. The zero-order valence-corrected chi connectivity index (χ0v) is 13.7. The van der Waals surface area contributed by atoms with Crippen molar-refractivity contribution in [2.45, 2.75) is 18.9 Å². The van der Waals surface area contributed by atoms with Crippen molar-refractivity contribution < 1.29 is 14.0 Å². The van der Waals surface area contributed by atoms with Crippen LogP contribution in [0, 0.1) is 5.82 Å². The van der Waals surface area contributed by atoms with Crippen molar-refractivity contribution in [1.82, 2.24) is 10.2 Å². The minimum atomic E-state index is -0.389. The molecule has 0 atom stereocenters. The van der Waals surface area contributed by atoms with E-state index >= 15 is 0 Å². The number of urea groups is 1. The van der Waals surface area contributed by atoms with Gasteiger partial charge in [-0.15, -0.1) is 0 Å². The summed E-state index contributed by atoms with van der Waals surface area (Å²) < 4.78 is 13.2. The molecule has 3 rings (SSSR count). The summed E-state index contributed by atoms with van der Waals surface area (Å²) in [7, 11) is 0. The maximum atomic E-state index is 13.2. The summed E-state index contributed by atoms with van der Waals surface area (Å²) in [6.07, 6.45) is 1.38. The second-order valence-corrected chi connectivity index (χ2v) is 6.04. The third-order valence-electron chi connectivity index (χ3n) is 4.23. The molecule has 6 heteroatoms. The van der Waals surface area contributed by atoms with Gasteiger partial charge in [-0.2, -0.15) is 0 Å². The van der Waals surface area contributed by atoms with Gasteiger partial charge in [-0.1, -0.05) is 24.3 Å². The van der Waals surface area contributed by atoms with Crippen molar-refractivity contribution >= 4 is 17.6 Å². The fourth-order valence-electron chi connectivity index (χ4n) is 2.85. The third kappa shape index (κ3) is 4.56. The van der Waals surface area contributed by atoms with Gasteiger partial charge in [0.05, 0.1) is 0 Å². The molecule has 0 radical (unpaired) electrons. The quantitative estimate of drug-likeness (QED) is 0.900. The van der Waals surface area contributed by atoms with Gasteiger partial charge in [0.2, 0.25) is 0 Å². The monoisotopic (exact) mass is 341 g/mol. The van der Waals surface area contributed by atoms with E-state index in [0.29, 0.717) is 37.2 Å². The number of amides is 3. The molecule has 0 spiro atoms. The second-order valence-electron chi connectivity index (χ2n) is 6.04. The topological polar surface area (TPSA) is 61.4 Å². The van der Waals surface area contributed by atoms with Crippen LogP contribution in [0.15, 0.2) is 54.6 Å². The molecule has 1 fully saturated rings. The number of nitrogens with zero attached hydrogens (tertiary/aromatic N) is 1. The van der Waals surface area contributed by atoms with Crippen molar-refractivity contribution in [3.05, 3.63) is 66.0 Å². The first-order chi connectivity index (χ1) is 12.1. The summed E-state index contributed by atoms with van der Waals surface area (Å²) in [5.41, 5.74) is 1.07. The van der Waals surface area contributed by atoms with Crippen molar-refractivity contribution in [2.75, 3.05) is 18.4 Å². The lowest BCUT2D eigenvalue weighted by molar-refractivity contribution is 0.0919.